The van der Waals surface area contributed by atoms with Crippen LogP contribution in [0.25, 0.3) is 0 Å². The summed E-state index contributed by atoms with van der Waals surface area (Å²) in [5, 5.41) is 4.07. The predicted molar refractivity (Wildman–Crippen MR) is 102 cm³/mol. The molecule has 0 atom stereocenters. The van der Waals surface area contributed by atoms with Crippen LogP contribution in [0.3, 0.4) is 0 Å². The first kappa shape index (κ1) is 18.2. The molecule has 0 amide bonds. The highest BCUT2D eigenvalue weighted by atomic mass is 35.5. The molecule has 1 aromatic rings. The molecule has 0 aliphatic carbocycles. The van der Waals surface area contributed by atoms with Gasteiger partial charge >= 0.3 is 0 Å². The fourth-order valence-electron chi connectivity index (χ4n) is 4.05. The second-order valence-electron chi connectivity index (χ2n) is 7.27. The first-order chi connectivity index (χ1) is 12.8. The van der Waals surface area contributed by atoms with Gasteiger partial charge in [0.15, 0.2) is 0 Å². The number of morpholine rings is 1. The maximum Gasteiger partial charge on any atom is 0.228 e. The fraction of sp³-hybridized carbons (Fsp3) is 0.778. The Morgan fingerprint density at radius 2 is 1.62 bits per heavy atom. The topological polar surface area (TPSA) is 62.8 Å². The molecular formula is C18H28ClN5O2. The van der Waals surface area contributed by atoms with Gasteiger partial charge in [-0.25, -0.2) is 4.98 Å². The molecule has 4 rings (SSSR count). The second kappa shape index (κ2) is 8.69. The number of anilines is 2. The van der Waals surface area contributed by atoms with Crippen LogP contribution in [0, 0.1) is 0 Å². The summed E-state index contributed by atoms with van der Waals surface area (Å²) in [6.07, 6.45) is 4.60. The van der Waals surface area contributed by atoms with E-state index < -0.39 is 0 Å². The van der Waals surface area contributed by atoms with Crippen molar-refractivity contribution in [1.82, 2.24) is 14.9 Å². The van der Waals surface area contributed by atoms with Crippen molar-refractivity contribution in [2.45, 2.75) is 37.8 Å². The van der Waals surface area contributed by atoms with Crippen molar-refractivity contribution in [1.29, 1.82) is 0 Å². The van der Waals surface area contributed by atoms with Crippen molar-refractivity contribution in [3.8, 4) is 0 Å². The molecule has 4 heterocycles. The highest BCUT2D eigenvalue weighted by molar-refractivity contribution is 6.29. The predicted octanol–water partition coefficient (Wildman–Crippen LogP) is 2.02. The van der Waals surface area contributed by atoms with Crippen molar-refractivity contribution in [2.75, 3.05) is 62.8 Å². The average molecular weight is 382 g/mol. The van der Waals surface area contributed by atoms with E-state index in [2.05, 4.69) is 20.1 Å². The quantitative estimate of drug-likeness (QED) is 0.800. The Bertz CT molecular complexity index is 585. The number of halogens is 1. The van der Waals surface area contributed by atoms with E-state index in [1.165, 1.54) is 12.8 Å². The van der Waals surface area contributed by atoms with E-state index in [1.807, 2.05) is 6.07 Å². The molecule has 3 fully saturated rings. The number of ether oxygens (including phenoxy) is 2. The lowest BCUT2D eigenvalue weighted by Gasteiger charge is -2.39. The lowest BCUT2D eigenvalue weighted by atomic mass is 10.00. The van der Waals surface area contributed by atoms with E-state index >= 15 is 0 Å². The highest BCUT2D eigenvalue weighted by Gasteiger charge is 2.26. The molecule has 0 bridgehead atoms. The van der Waals surface area contributed by atoms with E-state index in [1.54, 1.807) is 0 Å². The third kappa shape index (κ3) is 4.57. The molecule has 3 aliphatic heterocycles. The number of piperidine rings is 1. The molecular weight excluding hydrogens is 354 g/mol. The summed E-state index contributed by atoms with van der Waals surface area (Å²) in [5.74, 6) is 1.53. The molecule has 0 radical (unpaired) electrons. The normalized spacial score (nSPS) is 24.0. The number of hydrogen-bond acceptors (Lipinski definition) is 7. The zero-order chi connectivity index (χ0) is 17.8. The van der Waals surface area contributed by atoms with Gasteiger partial charge in [0.05, 0.1) is 13.2 Å². The summed E-state index contributed by atoms with van der Waals surface area (Å²) in [4.78, 5) is 13.8. The number of likely N-dealkylation sites (tertiary alicyclic amines) is 1. The van der Waals surface area contributed by atoms with E-state index in [0.29, 0.717) is 36.4 Å². The fourth-order valence-corrected chi connectivity index (χ4v) is 4.23. The summed E-state index contributed by atoms with van der Waals surface area (Å²) >= 11 is 6.24. The molecule has 0 saturated carbocycles. The largest absolute Gasteiger partial charge is 0.381 e. The van der Waals surface area contributed by atoms with Gasteiger partial charge in [-0.05, 0) is 25.7 Å². The van der Waals surface area contributed by atoms with Crippen LogP contribution in [0.5, 0.6) is 0 Å². The van der Waals surface area contributed by atoms with E-state index in [-0.39, 0.29) is 0 Å². The number of hydrogen-bond donors (Lipinski definition) is 1. The number of nitrogens with zero attached hydrogens (tertiary/aromatic N) is 4. The zero-order valence-corrected chi connectivity index (χ0v) is 16.0. The minimum atomic E-state index is 0.439. The van der Waals surface area contributed by atoms with E-state index in [9.17, 15) is 0 Å². The Hall–Kier alpha value is -1.15. The smallest absolute Gasteiger partial charge is 0.228 e. The lowest BCUT2D eigenvalue weighted by molar-refractivity contribution is 0.0262. The number of aromatic nitrogens is 2. The lowest BCUT2D eigenvalue weighted by Crippen LogP contribution is -2.46. The van der Waals surface area contributed by atoms with Gasteiger partial charge in [-0.2, -0.15) is 4.98 Å². The van der Waals surface area contributed by atoms with Crippen LogP contribution in [-0.4, -0.2) is 79.6 Å². The maximum absolute atomic E-state index is 6.24. The van der Waals surface area contributed by atoms with Crippen molar-refractivity contribution in [2.24, 2.45) is 0 Å². The summed E-state index contributed by atoms with van der Waals surface area (Å²) < 4.78 is 10.9. The summed E-state index contributed by atoms with van der Waals surface area (Å²) in [6.45, 7) is 7.13. The summed E-state index contributed by atoms with van der Waals surface area (Å²) in [6, 6.07) is 2.97. The van der Waals surface area contributed by atoms with Crippen molar-refractivity contribution >= 4 is 23.4 Å². The molecule has 8 heteroatoms. The SMILES string of the molecule is Clc1cc(NC2CCN(C3CCOCC3)CC2)nc(N2CCOCC2)n1. The highest BCUT2D eigenvalue weighted by Crippen LogP contribution is 2.24. The van der Waals surface area contributed by atoms with Gasteiger partial charge in [-0.15, -0.1) is 0 Å². The zero-order valence-electron chi connectivity index (χ0n) is 15.2. The first-order valence-corrected chi connectivity index (χ1v) is 10.1. The van der Waals surface area contributed by atoms with Gasteiger partial charge < -0.3 is 24.6 Å². The van der Waals surface area contributed by atoms with Crippen LogP contribution in [-0.2, 0) is 9.47 Å². The van der Waals surface area contributed by atoms with Gasteiger partial charge in [-0.1, -0.05) is 11.6 Å². The number of nitrogens with one attached hydrogen (secondary N) is 1. The maximum atomic E-state index is 6.24. The van der Waals surface area contributed by atoms with Crippen molar-refractivity contribution < 1.29 is 9.47 Å². The molecule has 1 aromatic heterocycles. The standard InChI is InChI=1S/C18H28ClN5O2/c19-16-13-17(22-18(21-16)24-7-11-26-12-8-24)20-14-1-5-23(6-2-14)15-3-9-25-10-4-15/h13-15H,1-12H2,(H,20,21,22). The van der Waals surface area contributed by atoms with Crippen molar-refractivity contribution in [3.05, 3.63) is 11.2 Å². The Labute approximate surface area is 160 Å². The molecule has 7 nitrogen and oxygen atoms in total. The van der Waals surface area contributed by atoms with Gasteiger partial charge in [0.25, 0.3) is 0 Å². The van der Waals surface area contributed by atoms with Gasteiger partial charge in [0.2, 0.25) is 5.95 Å². The molecule has 0 spiro atoms. The van der Waals surface area contributed by atoms with Gasteiger partial charge in [0, 0.05) is 57.5 Å². The van der Waals surface area contributed by atoms with Crippen LogP contribution in [0.2, 0.25) is 5.15 Å². The Morgan fingerprint density at radius 1 is 0.923 bits per heavy atom. The summed E-state index contributed by atoms with van der Waals surface area (Å²) in [5.41, 5.74) is 0. The number of rotatable bonds is 4. The van der Waals surface area contributed by atoms with Crippen LogP contribution in [0.15, 0.2) is 6.07 Å². The Kier molecular flexibility index (Phi) is 6.09. The van der Waals surface area contributed by atoms with E-state index in [4.69, 9.17) is 26.1 Å². The Morgan fingerprint density at radius 3 is 2.35 bits per heavy atom. The molecule has 3 aliphatic rings. The molecule has 0 aromatic carbocycles. The van der Waals surface area contributed by atoms with Crippen molar-refractivity contribution in [3.63, 3.8) is 0 Å². The molecule has 0 unspecified atom stereocenters. The monoisotopic (exact) mass is 381 g/mol. The Balaban J connectivity index is 1.33. The van der Waals surface area contributed by atoms with Gasteiger partial charge in [0.1, 0.15) is 11.0 Å². The minimum Gasteiger partial charge on any atom is -0.381 e. The minimum absolute atomic E-state index is 0.439. The second-order valence-corrected chi connectivity index (χ2v) is 7.66. The molecule has 26 heavy (non-hydrogen) atoms. The molecule has 1 N–H and O–H groups in total. The van der Waals surface area contributed by atoms with Crippen LogP contribution >= 0.6 is 11.6 Å². The molecule has 3 saturated heterocycles. The van der Waals surface area contributed by atoms with Gasteiger partial charge in [-0.3, -0.25) is 0 Å². The first-order valence-electron chi connectivity index (χ1n) is 9.73. The summed E-state index contributed by atoms with van der Waals surface area (Å²) in [7, 11) is 0. The van der Waals surface area contributed by atoms with Crippen LogP contribution in [0.4, 0.5) is 11.8 Å². The van der Waals surface area contributed by atoms with Crippen LogP contribution < -0.4 is 10.2 Å². The molecule has 144 valence electrons. The van der Waals surface area contributed by atoms with E-state index in [0.717, 1.165) is 58.1 Å². The third-order valence-electron chi connectivity index (χ3n) is 5.57. The average Bonchev–Trinajstić information content (AvgIpc) is 2.69. The van der Waals surface area contributed by atoms with Crippen LogP contribution in [0.1, 0.15) is 25.7 Å². The third-order valence-corrected chi connectivity index (χ3v) is 5.76.